The molecule has 1 aromatic heterocycles. The summed E-state index contributed by atoms with van der Waals surface area (Å²) in [5.41, 5.74) is 16.9. The summed E-state index contributed by atoms with van der Waals surface area (Å²) in [5.74, 6) is 0.107. The molecule has 0 atom stereocenters. The third kappa shape index (κ3) is 5.50. The Balaban J connectivity index is 2.10. The zero-order chi connectivity index (χ0) is 18.2. The number of nitrogens with two attached hydrogens (primary N) is 3. The lowest BCUT2D eigenvalue weighted by Gasteiger charge is -2.06. The summed E-state index contributed by atoms with van der Waals surface area (Å²) in [5, 5.41) is 0. The molecule has 0 unspecified atom stereocenters. The molecule has 0 aliphatic heterocycles. The Morgan fingerprint density at radius 1 is 1.16 bits per heavy atom. The molecule has 6 N–H and O–H groups in total. The molecule has 9 heteroatoms. The van der Waals surface area contributed by atoms with Crippen LogP contribution in [0.25, 0.3) is 0 Å². The molecule has 0 aliphatic rings. The van der Waals surface area contributed by atoms with E-state index < -0.39 is 5.97 Å². The van der Waals surface area contributed by atoms with Gasteiger partial charge in [0.2, 0.25) is 11.8 Å². The van der Waals surface area contributed by atoms with E-state index >= 15 is 0 Å². The van der Waals surface area contributed by atoms with Crippen molar-refractivity contribution < 1.29 is 14.3 Å². The molecule has 0 saturated heterocycles. The molecular weight excluding hydrogens is 324 g/mol. The van der Waals surface area contributed by atoms with Crippen LogP contribution >= 0.6 is 0 Å². The van der Waals surface area contributed by atoms with Crippen LogP contribution in [0.3, 0.4) is 0 Å². The average Bonchev–Trinajstić information content (AvgIpc) is 2.56. The summed E-state index contributed by atoms with van der Waals surface area (Å²) in [6, 6.07) is 9.72. The van der Waals surface area contributed by atoms with Gasteiger partial charge >= 0.3 is 5.97 Å². The molecule has 25 heavy (non-hydrogen) atoms. The van der Waals surface area contributed by atoms with Crippen LogP contribution in [0.4, 0.5) is 5.69 Å². The molecule has 9 nitrogen and oxygen atoms in total. The van der Waals surface area contributed by atoms with E-state index in [9.17, 15) is 4.79 Å². The Kier molecular flexibility index (Phi) is 5.88. The zero-order valence-electron chi connectivity index (χ0n) is 13.5. The number of aromatic nitrogens is 1. The molecule has 2 aromatic rings. The highest BCUT2D eigenvalue weighted by molar-refractivity contribution is 5.93. The van der Waals surface area contributed by atoms with Crippen LogP contribution in [0, 0.1) is 0 Å². The van der Waals surface area contributed by atoms with Gasteiger partial charge in [0, 0.05) is 12.3 Å². The highest BCUT2D eigenvalue weighted by atomic mass is 16.5. The van der Waals surface area contributed by atoms with Crippen molar-refractivity contribution in [3.8, 4) is 11.6 Å². The molecule has 0 fully saturated rings. The Hall–Kier alpha value is -3.62. The lowest BCUT2D eigenvalue weighted by atomic mass is 10.2. The van der Waals surface area contributed by atoms with Crippen molar-refractivity contribution >= 4 is 23.6 Å². The van der Waals surface area contributed by atoms with Gasteiger partial charge in [0.1, 0.15) is 5.75 Å². The molecule has 130 valence electrons. The number of esters is 1. The number of pyridine rings is 1. The Morgan fingerprint density at radius 3 is 2.52 bits per heavy atom. The standard InChI is InChI=1S/C16H18N6O3/c1-2-24-14(23)10-7-8-20-13(9-10)25-12-5-3-11(4-6-12)21-16(19)22-15(17)18/h3-9H,2H2,1H3,(H6,17,18,19,21,22). The number of aliphatic imine (C=N–C) groups is 2. The number of carbonyl (C=O) groups is 1. The molecule has 1 aromatic carbocycles. The van der Waals surface area contributed by atoms with Gasteiger partial charge in [0.05, 0.1) is 17.9 Å². The molecule has 0 aliphatic carbocycles. The van der Waals surface area contributed by atoms with E-state index in [0.29, 0.717) is 23.6 Å². The molecular formula is C16H18N6O3. The normalized spacial score (nSPS) is 10.8. The topological polar surface area (TPSA) is 151 Å². The van der Waals surface area contributed by atoms with Gasteiger partial charge in [-0.3, -0.25) is 0 Å². The van der Waals surface area contributed by atoms with Gasteiger partial charge in [-0.25, -0.2) is 14.8 Å². The number of guanidine groups is 2. The molecule has 0 spiro atoms. The van der Waals surface area contributed by atoms with E-state index in [4.69, 9.17) is 26.7 Å². The van der Waals surface area contributed by atoms with Crippen LogP contribution in [0.1, 0.15) is 17.3 Å². The Bertz CT molecular complexity index is 798. The van der Waals surface area contributed by atoms with Crippen molar-refractivity contribution in [1.82, 2.24) is 4.98 Å². The zero-order valence-corrected chi connectivity index (χ0v) is 13.5. The highest BCUT2D eigenvalue weighted by Gasteiger charge is 2.08. The summed E-state index contributed by atoms with van der Waals surface area (Å²) < 4.78 is 10.5. The minimum atomic E-state index is -0.436. The number of ether oxygens (including phenoxy) is 2. The lowest BCUT2D eigenvalue weighted by Crippen LogP contribution is -2.26. The first-order valence-electron chi connectivity index (χ1n) is 7.33. The van der Waals surface area contributed by atoms with Crippen LogP contribution in [-0.4, -0.2) is 29.5 Å². The fraction of sp³-hybridized carbons (Fsp3) is 0.125. The molecule has 0 bridgehead atoms. The number of nitrogens with zero attached hydrogens (tertiary/aromatic N) is 3. The number of carbonyl (C=O) groups excluding carboxylic acids is 1. The maximum Gasteiger partial charge on any atom is 0.338 e. The maximum atomic E-state index is 11.7. The molecule has 0 amide bonds. The van der Waals surface area contributed by atoms with Crippen LogP contribution in [0.5, 0.6) is 11.6 Å². The summed E-state index contributed by atoms with van der Waals surface area (Å²) in [4.78, 5) is 23.4. The Labute approximate surface area is 144 Å². The first-order chi connectivity index (χ1) is 12.0. The van der Waals surface area contributed by atoms with Crippen molar-refractivity contribution in [2.75, 3.05) is 6.61 Å². The minimum Gasteiger partial charge on any atom is -0.462 e. The van der Waals surface area contributed by atoms with E-state index in [0.717, 1.165) is 0 Å². The second kappa shape index (κ2) is 8.29. The first-order valence-corrected chi connectivity index (χ1v) is 7.33. The summed E-state index contributed by atoms with van der Waals surface area (Å²) in [6.45, 7) is 2.03. The molecule has 0 saturated carbocycles. The number of rotatable bonds is 5. The number of benzene rings is 1. The van der Waals surface area contributed by atoms with Crippen molar-refractivity contribution in [3.63, 3.8) is 0 Å². The van der Waals surface area contributed by atoms with E-state index in [-0.39, 0.29) is 17.8 Å². The second-order valence-corrected chi connectivity index (χ2v) is 4.71. The summed E-state index contributed by atoms with van der Waals surface area (Å²) >= 11 is 0. The van der Waals surface area contributed by atoms with Gasteiger partial charge < -0.3 is 26.7 Å². The maximum absolute atomic E-state index is 11.7. The SMILES string of the molecule is CCOC(=O)c1ccnc(Oc2ccc(N=C(N)N=C(N)N)cc2)c1. The van der Waals surface area contributed by atoms with Gasteiger partial charge in [-0.05, 0) is 37.3 Å². The van der Waals surface area contributed by atoms with E-state index in [1.54, 1.807) is 37.3 Å². The predicted molar refractivity (Wildman–Crippen MR) is 93.8 cm³/mol. The molecule has 2 rings (SSSR count). The fourth-order valence-electron chi connectivity index (χ4n) is 1.81. The number of hydrogen-bond donors (Lipinski definition) is 3. The predicted octanol–water partition coefficient (Wildman–Crippen LogP) is 1.27. The van der Waals surface area contributed by atoms with Gasteiger partial charge in [-0.2, -0.15) is 4.99 Å². The molecule has 1 heterocycles. The van der Waals surface area contributed by atoms with Crippen LogP contribution in [0.15, 0.2) is 52.6 Å². The largest absolute Gasteiger partial charge is 0.462 e. The Morgan fingerprint density at radius 2 is 1.88 bits per heavy atom. The monoisotopic (exact) mass is 342 g/mol. The highest BCUT2D eigenvalue weighted by Crippen LogP contribution is 2.23. The lowest BCUT2D eigenvalue weighted by molar-refractivity contribution is 0.0526. The second-order valence-electron chi connectivity index (χ2n) is 4.71. The van der Waals surface area contributed by atoms with Gasteiger partial charge in [0.25, 0.3) is 0 Å². The third-order valence-corrected chi connectivity index (χ3v) is 2.79. The van der Waals surface area contributed by atoms with Crippen LogP contribution in [0.2, 0.25) is 0 Å². The van der Waals surface area contributed by atoms with E-state index in [1.165, 1.54) is 12.3 Å². The van der Waals surface area contributed by atoms with Crippen molar-refractivity contribution in [2.45, 2.75) is 6.92 Å². The average molecular weight is 342 g/mol. The minimum absolute atomic E-state index is 0.0579. The number of hydrogen-bond acceptors (Lipinski definition) is 5. The first kappa shape index (κ1) is 17.7. The van der Waals surface area contributed by atoms with Crippen LogP contribution in [-0.2, 0) is 4.74 Å². The summed E-state index contributed by atoms with van der Waals surface area (Å²) in [6.07, 6.45) is 1.47. The summed E-state index contributed by atoms with van der Waals surface area (Å²) in [7, 11) is 0. The quantitative estimate of drug-likeness (QED) is 0.420. The smallest absolute Gasteiger partial charge is 0.338 e. The van der Waals surface area contributed by atoms with Crippen molar-refractivity contribution in [2.24, 2.45) is 27.2 Å². The van der Waals surface area contributed by atoms with Crippen LogP contribution < -0.4 is 21.9 Å². The van der Waals surface area contributed by atoms with Gasteiger partial charge in [-0.15, -0.1) is 0 Å². The van der Waals surface area contributed by atoms with E-state index in [1.807, 2.05) is 0 Å². The van der Waals surface area contributed by atoms with Gasteiger partial charge in [-0.1, -0.05) is 0 Å². The molecule has 0 radical (unpaired) electrons. The fourth-order valence-corrected chi connectivity index (χ4v) is 1.81. The van der Waals surface area contributed by atoms with Crippen molar-refractivity contribution in [3.05, 3.63) is 48.2 Å². The van der Waals surface area contributed by atoms with Crippen molar-refractivity contribution in [1.29, 1.82) is 0 Å². The van der Waals surface area contributed by atoms with E-state index in [2.05, 4.69) is 15.0 Å². The van der Waals surface area contributed by atoms with Gasteiger partial charge in [0.15, 0.2) is 5.96 Å². The third-order valence-electron chi connectivity index (χ3n) is 2.79.